The maximum atomic E-state index is 6.22. The fourth-order valence-electron chi connectivity index (χ4n) is 3.49. The Labute approximate surface area is 148 Å². The summed E-state index contributed by atoms with van der Waals surface area (Å²) in [5.74, 6) is 0. The zero-order chi connectivity index (χ0) is 16.4. The third-order valence-corrected chi connectivity index (χ3v) is 4.90. The lowest BCUT2D eigenvalue weighted by molar-refractivity contribution is 0.703. The second kappa shape index (κ2) is 6.74. The molecule has 2 heterocycles. The maximum Gasteiger partial charge on any atom is 0.0633 e. The number of nitrogens with one attached hydrogen (secondary N) is 1. The molecular formula is C21H21ClN2. The Bertz CT molecular complexity index is 836. The van der Waals surface area contributed by atoms with Gasteiger partial charge >= 0.3 is 0 Å². The van der Waals surface area contributed by atoms with Crippen LogP contribution >= 0.6 is 11.6 Å². The minimum Gasteiger partial charge on any atom is -0.383 e. The highest BCUT2D eigenvalue weighted by Gasteiger charge is 2.19. The van der Waals surface area contributed by atoms with Crippen molar-refractivity contribution in [2.24, 2.45) is 0 Å². The minimum absolute atomic E-state index is 0.783. The van der Waals surface area contributed by atoms with Gasteiger partial charge < -0.3 is 9.88 Å². The second-order valence-corrected chi connectivity index (χ2v) is 6.81. The Balaban J connectivity index is 1.80. The number of anilines is 1. The monoisotopic (exact) mass is 336 g/mol. The Morgan fingerprint density at radius 2 is 1.88 bits per heavy atom. The smallest absolute Gasteiger partial charge is 0.0633 e. The van der Waals surface area contributed by atoms with Gasteiger partial charge in [0.05, 0.1) is 5.69 Å². The number of hydrogen-bond acceptors (Lipinski definition) is 1. The first-order valence-electron chi connectivity index (χ1n) is 8.57. The van der Waals surface area contributed by atoms with Gasteiger partial charge in [0, 0.05) is 35.6 Å². The van der Waals surface area contributed by atoms with E-state index in [0.717, 1.165) is 24.5 Å². The molecule has 0 unspecified atom stereocenters. The van der Waals surface area contributed by atoms with Gasteiger partial charge in [-0.2, -0.15) is 0 Å². The van der Waals surface area contributed by atoms with Gasteiger partial charge in [-0.3, -0.25) is 0 Å². The number of hydrogen-bond donors (Lipinski definition) is 1. The summed E-state index contributed by atoms with van der Waals surface area (Å²) in [4.78, 5) is 0. The highest BCUT2D eigenvalue weighted by molar-refractivity contribution is 6.30. The molecule has 2 nitrogen and oxygen atoms in total. The molecule has 0 bridgehead atoms. The number of benzene rings is 2. The maximum absolute atomic E-state index is 6.22. The molecule has 0 fully saturated rings. The minimum atomic E-state index is 0.783. The van der Waals surface area contributed by atoms with E-state index in [9.17, 15) is 0 Å². The van der Waals surface area contributed by atoms with Gasteiger partial charge in [-0.25, -0.2) is 0 Å². The number of nitrogens with zero attached hydrogens (tertiary/aromatic N) is 1. The quantitative estimate of drug-likeness (QED) is 0.658. The molecule has 2 aromatic carbocycles. The Kier molecular flexibility index (Phi) is 4.31. The average Bonchev–Trinajstić information content (AvgIpc) is 2.78. The van der Waals surface area contributed by atoms with Gasteiger partial charge in [0.15, 0.2) is 0 Å². The lowest BCUT2D eigenvalue weighted by Gasteiger charge is -2.10. The molecule has 0 atom stereocenters. The van der Waals surface area contributed by atoms with E-state index in [1.807, 2.05) is 12.1 Å². The molecule has 0 radical (unpaired) electrons. The first kappa shape index (κ1) is 15.3. The molecule has 0 saturated carbocycles. The summed E-state index contributed by atoms with van der Waals surface area (Å²) in [6, 6.07) is 18.8. The highest BCUT2D eigenvalue weighted by Crippen LogP contribution is 2.36. The van der Waals surface area contributed by atoms with E-state index in [1.54, 1.807) is 0 Å². The van der Waals surface area contributed by atoms with Crippen molar-refractivity contribution in [2.75, 3.05) is 11.9 Å². The Hall–Kier alpha value is -2.19. The summed E-state index contributed by atoms with van der Waals surface area (Å²) in [5.41, 5.74) is 6.46. The van der Waals surface area contributed by atoms with Crippen LogP contribution in [0.15, 0.2) is 60.8 Å². The van der Waals surface area contributed by atoms with Crippen LogP contribution in [-0.4, -0.2) is 11.1 Å². The van der Waals surface area contributed by atoms with Gasteiger partial charge in [-0.1, -0.05) is 54.1 Å². The third-order valence-electron chi connectivity index (χ3n) is 4.66. The average molecular weight is 337 g/mol. The molecule has 0 amide bonds. The molecule has 1 aromatic heterocycles. The van der Waals surface area contributed by atoms with Crippen molar-refractivity contribution in [2.45, 2.75) is 25.8 Å². The van der Waals surface area contributed by atoms with Crippen LogP contribution in [0, 0.1) is 0 Å². The first-order valence-corrected chi connectivity index (χ1v) is 8.95. The predicted molar refractivity (Wildman–Crippen MR) is 102 cm³/mol. The molecule has 0 aliphatic carbocycles. The molecule has 1 N–H and O–H groups in total. The SMILES string of the molecule is Clc1cccc(-c2cn(Cc3ccccc3)c3c2NCCCC3)c1. The summed E-state index contributed by atoms with van der Waals surface area (Å²) in [5, 5.41) is 4.44. The molecule has 0 spiro atoms. The summed E-state index contributed by atoms with van der Waals surface area (Å²) in [6.07, 6.45) is 5.85. The van der Waals surface area contributed by atoms with E-state index in [4.69, 9.17) is 11.6 Å². The lowest BCUT2D eigenvalue weighted by Crippen LogP contribution is -2.04. The Morgan fingerprint density at radius 1 is 1.00 bits per heavy atom. The number of aromatic nitrogens is 1. The summed E-state index contributed by atoms with van der Waals surface area (Å²) >= 11 is 6.22. The molecular weight excluding hydrogens is 316 g/mol. The van der Waals surface area contributed by atoms with Crippen LogP contribution in [0.4, 0.5) is 5.69 Å². The van der Waals surface area contributed by atoms with Crippen molar-refractivity contribution in [1.82, 2.24) is 4.57 Å². The van der Waals surface area contributed by atoms with Crippen LogP contribution in [0.1, 0.15) is 24.1 Å². The standard InChI is InChI=1S/C21H21ClN2/c22-18-10-6-9-17(13-18)19-15-24(14-16-7-2-1-3-8-16)20-11-4-5-12-23-21(19)20/h1-3,6-10,13,15,23H,4-5,11-12,14H2. The van der Waals surface area contributed by atoms with E-state index in [2.05, 4.69) is 58.5 Å². The van der Waals surface area contributed by atoms with Crippen LogP contribution in [0.3, 0.4) is 0 Å². The number of halogens is 1. The van der Waals surface area contributed by atoms with Crippen LogP contribution in [0.5, 0.6) is 0 Å². The highest BCUT2D eigenvalue weighted by atomic mass is 35.5. The molecule has 0 saturated heterocycles. The van der Waals surface area contributed by atoms with Crippen LogP contribution in [-0.2, 0) is 13.0 Å². The largest absolute Gasteiger partial charge is 0.383 e. The third kappa shape index (κ3) is 3.07. The summed E-state index contributed by atoms with van der Waals surface area (Å²) in [7, 11) is 0. The zero-order valence-electron chi connectivity index (χ0n) is 13.6. The molecule has 24 heavy (non-hydrogen) atoms. The van der Waals surface area contributed by atoms with Crippen molar-refractivity contribution in [3.8, 4) is 11.1 Å². The van der Waals surface area contributed by atoms with E-state index >= 15 is 0 Å². The van der Waals surface area contributed by atoms with E-state index in [1.165, 1.54) is 40.9 Å². The second-order valence-electron chi connectivity index (χ2n) is 6.37. The van der Waals surface area contributed by atoms with Crippen LogP contribution < -0.4 is 5.32 Å². The topological polar surface area (TPSA) is 17.0 Å². The molecule has 1 aliphatic rings. The lowest BCUT2D eigenvalue weighted by atomic mass is 10.1. The summed E-state index contributed by atoms with van der Waals surface area (Å²) < 4.78 is 2.40. The Morgan fingerprint density at radius 3 is 2.71 bits per heavy atom. The van der Waals surface area contributed by atoms with Crippen molar-refractivity contribution in [3.63, 3.8) is 0 Å². The molecule has 4 rings (SSSR count). The predicted octanol–water partition coefficient (Wildman–Crippen LogP) is 5.61. The number of fused-ring (bicyclic) bond motifs is 1. The molecule has 122 valence electrons. The molecule has 3 aromatic rings. The zero-order valence-corrected chi connectivity index (χ0v) is 14.4. The van der Waals surface area contributed by atoms with Crippen molar-refractivity contribution < 1.29 is 0 Å². The van der Waals surface area contributed by atoms with Gasteiger partial charge in [-0.15, -0.1) is 0 Å². The summed E-state index contributed by atoms with van der Waals surface area (Å²) in [6.45, 7) is 1.95. The van der Waals surface area contributed by atoms with Gasteiger partial charge in [-0.05, 0) is 42.5 Å². The van der Waals surface area contributed by atoms with E-state index in [-0.39, 0.29) is 0 Å². The van der Waals surface area contributed by atoms with E-state index < -0.39 is 0 Å². The normalized spacial score (nSPS) is 13.9. The fraction of sp³-hybridized carbons (Fsp3) is 0.238. The molecule has 1 aliphatic heterocycles. The van der Waals surface area contributed by atoms with Crippen LogP contribution in [0.25, 0.3) is 11.1 Å². The van der Waals surface area contributed by atoms with Crippen molar-refractivity contribution in [3.05, 3.63) is 77.1 Å². The van der Waals surface area contributed by atoms with Gasteiger partial charge in [0.2, 0.25) is 0 Å². The molecule has 3 heteroatoms. The first-order chi connectivity index (χ1) is 11.8. The number of rotatable bonds is 3. The van der Waals surface area contributed by atoms with Gasteiger partial charge in [0.1, 0.15) is 0 Å². The van der Waals surface area contributed by atoms with Gasteiger partial charge in [0.25, 0.3) is 0 Å². The van der Waals surface area contributed by atoms with Crippen LogP contribution in [0.2, 0.25) is 5.02 Å². The fourth-order valence-corrected chi connectivity index (χ4v) is 3.68. The van der Waals surface area contributed by atoms with Crippen molar-refractivity contribution in [1.29, 1.82) is 0 Å². The van der Waals surface area contributed by atoms with Crippen molar-refractivity contribution >= 4 is 17.3 Å². The van der Waals surface area contributed by atoms with E-state index in [0.29, 0.717) is 0 Å².